The third-order valence-corrected chi connectivity index (χ3v) is 3.91. The van der Waals surface area contributed by atoms with E-state index in [-0.39, 0.29) is 0 Å². The molecule has 0 aromatic heterocycles. The molecule has 0 saturated carbocycles. The molecule has 2 aromatic rings. The standard InChI is InChI=1S/C16H18Br2N2O/c17-7-5-11-9-13(19)1-3-15(11)21-16-4-2-14(20)10-12(16)6-8-18/h1-4,9-10H,5-8,19-20H2. The number of anilines is 2. The van der Waals surface area contributed by atoms with Gasteiger partial charge in [-0.25, -0.2) is 0 Å². The molecular formula is C16H18Br2N2O. The highest BCUT2D eigenvalue weighted by Crippen LogP contribution is 2.31. The van der Waals surface area contributed by atoms with Crippen LogP contribution in [0, 0.1) is 0 Å². The van der Waals surface area contributed by atoms with Crippen molar-refractivity contribution in [2.75, 3.05) is 22.1 Å². The minimum Gasteiger partial charge on any atom is -0.457 e. The summed E-state index contributed by atoms with van der Waals surface area (Å²) in [7, 11) is 0. The first-order valence-electron chi connectivity index (χ1n) is 6.70. The summed E-state index contributed by atoms with van der Waals surface area (Å²) in [6.07, 6.45) is 1.73. The fourth-order valence-electron chi connectivity index (χ4n) is 2.11. The normalized spacial score (nSPS) is 10.6. The Hall–Kier alpha value is -1.20. The number of hydrogen-bond donors (Lipinski definition) is 2. The number of nitrogens with two attached hydrogens (primary N) is 2. The first-order valence-corrected chi connectivity index (χ1v) is 8.95. The number of halogens is 2. The maximum atomic E-state index is 6.10. The first kappa shape index (κ1) is 16.2. The molecule has 3 nitrogen and oxygen atoms in total. The molecule has 5 heteroatoms. The van der Waals surface area contributed by atoms with Crippen molar-refractivity contribution in [3.8, 4) is 11.5 Å². The molecule has 0 fully saturated rings. The topological polar surface area (TPSA) is 61.3 Å². The summed E-state index contributed by atoms with van der Waals surface area (Å²) in [6, 6.07) is 11.5. The molecule has 0 spiro atoms. The number of aryl methyl sites for hydroxylation is 2. The van der Waals surface area contributed by atoms with E-state index < -0.39 is 0 Å². The van der Waals surface area contributed by atoms with E-state index >= 15 is 0 Å². The molecule has 0 saturated heterocycles. The van der Waals surface area contributed by atoms with Crippen molar-refractivity contribution in [3.05, 3.63) is 47.5 Å². The van der Waals surface area contributed by atoms with Gasteiger partial charge in [0.2, 0.25) is 0 Å². The zero-order valence-electron chi connectivity index (χ0n) is 11.6. The Balaban J connectivity index is 2.33. The Morgan fingerprint density at radius 3 is 1.57 bits per heavy atom. The van der Waals surface area contributed by atoms with Crippen molar-refractivity contribution in [2.45, 2.75) is 12.8 Å². The highest BCUT2D eigenvalue weighted by Gasteiger charge is 2.09. The summed E-state index contributed by atoms with van der Waals surface area (Å²) < 4.78 is 6.10. The van der Waals surface area contributed by atoms with Gasteiger partial charge in [0.15, 0.2) is 0 Å². The smallest absolute Gasteiger partial charge is 0.130 e. The van der Waals surface area contributed by atoms with Crippen LogP contribution in [-0.2, 0) is 12.8 Å². The fourth-order valence-corrected chi connectivity index (χ4v) is 2.97. The van der Waals surface area contributed by atoms with E-state index in [2.05, 4.69) is 31.9 Å². The summed E-state index contributed by atoms with van der Waals surface area (Å²) in [5, 5.41) is 1.73. The van der Waals surface area contributed by atoms with Gasteiger partial charge >= 0.3 is 0 Å². The number of rotatable bonds is 6. The van der Waals surface area contributed by atoms with Crippen LogP contribution in [0.5, 0.6) is 11.5 Å². The molecule has 0 aliphatic carbocycles. The van der Waals surface area contributed by atoms with E-state index in [0.29, 0.717) is 0 Å². The number of hydrogen-bond acceptors (Lipinski definition) is 3. The van der Waals surface area contributed by atoms with E-state index in [9.17, 15) is 0 Å². The summed E-state index contributed by atoms with van der Waals surface area (Å²) in [5.41, 5.74) is 15.4. The van der Waals surface area contributed by atoms with Gasteiger partial charge in [-0.05, 0) is 60.4 Å². The highest BCUT2D eigenvalue weighted by molar-refractivity contribution is 9.09. The number of alkyl halides is 2. The monoisotopic (exact) mass is 412 g/mol. The molecule has 4 N–H and O–H groups in total. The number of ether oxygens (including phenoxy) is 1. The van der Waals surface area contributed by atoms with Gasteiger partial charge in [0.25, 0.3) is 0 Å². The van der Waals surface area contributed by atoms with Crippen molar-refractivity contribution in [2.24, 2.45) is 0 Å². The van der Waals surface area contributed by atoms with E-state index in [0.717, 1.165) is 57.5 Å². The Kier molecular flexibility index (Phi) is 5.94. The maximum absolute atomic E-state index is 6.10. The van der Waals surface area contributed by atoms with Crippen molar-refractivity contribution in [3.63, 3.8) is 0 Å². The summed E-state index contributed by atoms with van der Waals surface area (Å²) in [4.78, 5) is 0. The van der Waals surface area contributed by atoms with Crippen molar-refractivity contribution >= 4 is 43.2 Å². The van der Waals surface area contributed by atoms with Crippen molar-refractivity contribution in [1.82, 2.24) is 0 Å². The average Bonchev–Trinajstić information content (AvgIpc) is 2.45. The molecule has 2 aromatic carbocycles. The SMILES string of the molecule is Nc1ccc(Oc2ccc(N)cc2CCBr)c(CCBr)c1. The van der Waals surface area contributed by atoms with E-state index in [4.69, 9.17) is 16.2 Å². The second kappa shape index (κ2) is 7.71. The largest absolute Gasteiger partial charge is 0.457 e. The Morgan fingerprint density at radius 2 is 1.19 bits per heavy atom. The molecule has 0 amide bonds. The van der Waals surface area contributed by atoms with Gasteiger partial charge in [-0.3, -0.25) is 0 Å². The lowest BCUT2D eigenvalue weighted by Gasteiger charge is -2.14. The second-order valence-electron chi connectivity index (χ2n) is 4.71. The molecule has 0 unspecified atom stereocenters. The zero-order chi connectivity index (χ0) is 15.2. The van der Waals surface area contributed by atoms with Gasteiger partial charge in [0.1, 0.15) is 11.5 Å². The van der Waals surface area contributed by atoms with Gasteiger partial charge in [-0.2, -0.15) is 0 Å². The maximum Gasteiger partial charge on any atom is 0.130 e. The fraction of sp³-hybridized carbons (Fsp3) is 0.250. The lowest BCUT2D eigenvalue weighted by atomic mass is 10.1. The molecule has 0 radical (unpaired) electrons. The van der Waals surface area contributed by atoms with E-state index in [1.165, 1.54) is 0 Å². The van der Waals surface area contributed by atoms with Gasteiger partial charge in [0, 0.05) is 22.0 Å². The Labute approximate surface area is 141 Å². The lowest BCUT2D eigenvalue weighted by molar-refractivity contribution is 0.472. The molecule has 0 aliphatic heterocycles. The summed E-state index contributed by atoms with van der Waals surface area (Å²) in [5.74, 6) is 1.67. The van der Waals surface area contributed by atoms with Crippen molar-refractivity contribution < 1.29 is 4.74 Å². The molecule has 2 rings (SSSR count). The highest BCUT2D eigenvalue weighted by atomic mass is 79.9. The second-order valence-corrected chi connectivity index (χ2v) is 6.30. The molecule has 0 atom stereocenters. The lowest BCUT2D eigenvalue weighted by Crippen LogP contribution is -1.99. The van der Waals surface area contributed by atoms with Crippen LogP contribution in [0.2, 0.25) is 0 Å². The van der Waals surface area contributed by atoms with Crippen LogP contribution in [0.3, 0.4) is 0 Å². The molecule has 0 heterocycles. The Bertz CT molecular complexity index is 564. The molecular weight excluding hydrogens is 396 g/mol. The van der Waals surface area contributed by atoms with E-state index in [1.54, 1.807) is 0 Å². The van der Waals surface area contributed by atoms with Crippen LogP contribution in [0.25, 0.3) is 0 Å². The van der Waals surface area contributed by atoms with Crippen LogP contribution in [-0.4, -0.2) is 10.7 Å². The van der Waals surface area contributed by atoms with Crippen LogP contribution >= 0.6 is 31.9 Å². The minimum atomic E-state index is 0.747. The van der Waals surface area contributed by atoms with Crippen LogP contribution < -0.4 is 16.2 Å². The summed E-state index contributed by atoms with van der Waals surface area (Å²) in [6.45, 7) is 0. The third-order valence-electron chi connectivity index (χ3n) is 3.12. The summed E-state index contributed by atoms with van der Waals surface area (Å²) >= 11 is 6.92. The zero-order valence-corrected chi connectivity index (χ0v) is 14.8. The first-order chi connectivity index (χ1) is 10.1. The van der Waals surface area contributed by atoms with Crippen molar-refractivity contribution in [1.29, 1.82) is 0 Å². The van der Waals surface area contributed by atoms with Gasteiger partial charge in [-0.1, -0.05) is 31.9 Å². The predicted molar refractivity (Wildman–Crippen MR) is 96.8 cm³/mol. The molecule has 112 valence electrons. The van der Waals surface area contributed by atoms with Crippen LogP contribution in [0.1, 0.15) is 11.1 Å². The quantitative estimate of drug-likeness (QED) is 0.540. The predicted octanol–water partition coefficient (Wildman–Crippen LogP) is 4.52. The number of nitrogen functional groups attached to an aromatic ring is 2. The van der Waals surface area contributed by atoms with Gasteiger partial charge in [0.05, 0.1) is 0 Å². The molecule has 21 heavy (non-hydrogen) atoms. The van der Waals surface area contributed by atoms with Crippen LogP contribution in [0.4, 0.5) is 11.4 Å². The van der Waals surface area contributed by atoms with Gasteiger partial charge < -0.3 is 16.2 Å². The van der Waals surface area contributed by atoms with E-state index in [1.807, 2.05) is 36.4 Å². The minimum absolute atomic E-state index is 0.747. The van der Waals surface area contributed by atoms with Crippen LogP contribution in [0.15, 0.2) is 36.4 Å². The third kappa shape index (κ3) is 4.38. The average molecular weight is 414 g/mol. The molecule has 0 bridgehead atoms. The molecule has 0 aliphatic rings. The number of benzene rings is 2. The van der Waals surface area contributed by atoms with Gasteiger partial charge in [-0.15, -0.1) is 0 Å². The Morgan fingerprint density at radius 1 is 0.762 bits per heavy atom.